The highest BCUT2D eigenvalue weighted by molar-refractivity contribution is 7.18. The Balaban J connectivity index is 1.34. The number of nitrogens with zero attached hydrogens (tertiary/aromatic N) is 3. The number of benzene rings is 2. The van der Waals surface area contributed by atoms with Crippen molar-refractivity contribution in [3.05, 3.63) is 53.0 Å². The van der Waals surface area contributed by atoms with Gasteiger partial charge in [0.2, 0.25) is 0 Å². The van der Waals surface area contributed by atoms with Crippen LogP contribution in [0.25, 0.3) is 21.3 Å². The molecule has 1 saturated carbocycles. The van der Waals surface area contributed by atoms with Crippen molar-refractivity contribution in [1.82, 2.24) is 9.88 Å². The maximum atomic E-state index is 8.97. The lowest BCUT2D eigenvalue weighted by atomic mass is 9.79. The first kappa shape index (κ1) is 16.9. The van der Waals surface area contributed by atoms with Gasteiger partial charge in [-0.05, 0) is 74.5 Å². The van der Waals surface area contributed by atoms with Crippen LogP contribution in [0.4, 0.5) is 0 Å². The van der Waals surface area contributed by atoms with Gasteiger partial charge in [-0.1, -0.05) is 18.2 Å². The van der Waals surface area contributed by atoms with Crippen LogP contribution >= 0.6 is 11.3 Å². The number of hydrogen-bond acceptors (Lipinski definition) is 4. The smallest absolute Gasteiger partial charge is 0.0991 e. The first-order valence-electron chi connectivity index (χ1n) is 9.88. The van der Waals surface area contributed by atoms with Crippen molar-refractivity contribution in [2.45, 2.75) is 50.6 Å². The monoisotopic (exact) mass is 373 g/mol. The van der Waals surface area contributed by atoms with Crippen molar-refractivity contribution in [1.29, 1.82) is 5.26 Å². The number of hydrogen-bond donors (Lipinski definition) is 0. The predicted octanol–water partition coefficient (Wildman–Crippen LogP) is 5.57. The van der Waals surface area contributed by atoms with E-state index in [0.29, 0.717) is 11.5 Å². The zero-order chi connectivity index (χ0) is 18.4. The first-order valence-corrected chi connectivity index (χ1v) is 10.7. The first-order chi connectivity index (χ1) is 13.2. The molecule has 0 bridgehead atoms. The van der Waals surface area contributed by atoms with Crippen molar-refractivity contribution in [2.24, 2.45) is 0 Å². The lowest BCUT2D eigenvalue weighted by molar-refractivity contribution is 0.103. The highest BCUT2D eigenvalue weighted by Crippen LogP contribution is 2.44. The molecule has 27 heavy (non-hydrogen) atoms. The van der Waals surface area contributed by atoms with Gasteiger partial charge in [0.05, 0.1) is 26.9 Å². The van der Waals surface area contributed by atoms with E-state index >= 15 is 0 Å². The van der Waals surface area contributed by atoms with Gasteiger partial charge in [-0.25, -0.2) is 4.98 Å². The van der Waals surface area contributed by atoms with Gasteiger partial charge in [0.25, 0.3) is 0 Å². The summed E-state index contributed by atoms with van der Waals surface area (Å²) >= 11 is 1.86. The maximum absolute atomic E-state index is 8.97. The van der Waals surface area contributed by atoms with Crippen molar-refractivity contribution < 1.29 is 0 Å². The van der Waals surface area contributed by atoms with E-state index in [0.717, 1.165) is 23.2 Å². The molecule has 0 amide bonds. The van der Waals surface area contributed by atoms with Crippen molar-refractivity contribution in [3.8, 4) is 17.2 Å². The fourth-order valence-electron chi connectivity index (χ4n) is 4.59. The fraction of sp³-hybridized carbons (Fsp3) is 0.391. The second-order valence-corrected chi connectivity index (χ2v) is 9.04. The largest absolute Gasteiger partial charge is 0.298 e. The SMILES string of the molecule is CC1CCCN1C1CC(c2nc3ccc(-c4ccc(C#N)cc4)cc3s2)C1. The van der Waals surface area contributed by atoms with E-state index in [9.17, 15) is 0 Å². The summed E-state index contributed by atoms with van der Waals surface area (Å²) in [7, 11) is 0. The number of nitriles is 1. The minimum atomic E-state index is 0.638. The lowest BCUT2D eigenvalue weighted by Crippen LogP contribution is -2.45. The highest BCUT2D eigenvalue weighted by atomic mass is 32.1. The average molecular weight is 374 g/mol. The van der Waals surface area contributed by atoms with Crippen LogP contribution in [-0.2, 0) is 0 Å². The molecule has 2 aliphatic rings. The average Bonchev–Trinajstić information content (AvgIpc) is 3.26. The molecule has 2 aromatic carbocycles. The summed E-state index contributed by atoms with van der Waals surface area (Å²) in [5.41, 5.74) is 4.16. The summed E-state index contributed by atoms with van der Waals surface area (Å²) < 4.78 is 1.27. The van der Waals surface area contributed by atoms with Crippen LogP contribution in [-0.4, -0.2) is 28.5 Å². The third-order valence-electron chi connectivity index (χ3n) is 6.29. The molecular weight excluding hydrogens is 350 g/mol. The molecule has 4 heteroatoms. The summed E-state index contributed by atoms with van der Waals surface area (Å²) in [5.74, 6) is 0.638. The predicted molar refractivity (Wildman–Crippen MR) is 111 cm³/mol. The summed E-state index contributed by atoms with van der Waals surface area (Å²) in [6.07, 6.45) is 5.27. The Morgan fingerprint density at radius 3 is 2.59 bits per heavy atom. The highest BCUT2D eigenvalue weighted by Gasteiger charge is 2.39. The van der Waals surface area contributed by atoms with E-state index < -0.39 is 0 Å². The van der Waals surface area contributed by atoms with E-state index in [1.54, 1.807) is 0 Å². The minimum Gasteiger partial charge on any atom is -0.298 e. The summed E-state index contributed by atoms with van der Waals surface area (Å²) in [4.78, 5) is 7.65. The van der Waals surface area contributed by atoms with Crippen LogP contribution in [0.3, 0.4) is 0 Å². The van der Waals surface area contributed by atoms with Crippen LogP contribution in [0.15, 0.2) is 42.5 Å². The lowest BCUT2D eigenvalue weighted by Gasteiger charge is -2.42. The van der Waals surface area contributed by atoms with Gasteiger partial charge >= 0.3 is 0 Å². The van der Waals surface area contributed by atoms with Crippen LogP contribution in [0, 0.1) is 11.3 Å². The van der Waals surface area contributed by atoms with Gasteiger partial charge in [0, 0.05) is 18.0 Å². The maximum Gasteiger partial charge on any atom is 0.0991 e. The van der Waals surface area contributed by atoms with Crippen molar-refractivity contribution in [2.75, 3.05) is 6.54 Å². The molecule has 1 saturated heterocycles. The molecule has 2 heterocycles. The van der Waals surface area contributed by atoms with Gasteiger partial charge in [-0.3, -0.25) is 4.90 Å². The zero-order valence-electron chi connectivity index (χ0n) is 15.6. The number of likely N-dealkylation sites (tertiary alicyclic amines) is 1. The molecule has 136 valence electrons. The third kappa shape index (κ3) is 3.05. The second-order valence-electron chi connectivity index (χ2n) is 7.97. The molecule has 0 spiro atoms. The summed E-state index contributed by atoms with van der Waals surface area (Å²) in [6, 6.07) is 18.1. The van der Waals surface area contributed by atoms with Crippen molar-refractivity contribution >= 4 is 21.6 Å². The van der Waals surface area contributed by atoms with Crippen LogP contribution < -0.4 is 0 Å². The summed E-state index contributed by atoms with van der Waals surface area (Å²) in [6.45, 7) is 3.66. The Labute approximate surface area is 164 Å². The Bertz CT molecular complexity index is 1010. The van der Waals surface area contributed by atoms with E-state index in [1.807, 2.05) is 35.6 Å². The van der Waals surface area contributed by atoms with Crippen LogP contribution in [0.1, 0.15) is 49.1 Å². The zero-order valence-corrected chi connectivity index (χ0v) is 16.4. The Morgan fingerprint density at radius 2 is 1.89 bits per heavy atom. The number of rotatable bonds is 3. The van der Waals surface area contributed by atoms with Gasteiger partial charge in [-0.2, -0.15) is 5.26 Å². The normalized spacial score (nSPS) is 25.4. The number of thiazole rings is 1. The molecule has 1 aliphatic carbocycles. The standard InChI is InChI=1S/C23H23N3S/c1-15-3-2-10-26(15)20-11-19(12-20)23-25-21-9-8-18(13-22(21)27-23)17-6-4-16(14-24)5-7-17/h4-9,13,15,19-20H,2-3,10-12H2,1H3. The van der Waals surface area contributed by atoms with Crippen LogP contribution in [0.5, 0.6) is 0 Å². The molecule has 1 unspecified atom stereocenters. The molecule has 3 aromatic rings. The second kappa shape index (κ2) is 6.74. The molecule has 3 nitrogen and oxygen atoms in total. The third-order valence-corrected chi connectivity index (χ3v) is 7.47. The topological polar surface area (TPSA) is 39.9 Å². The van der Waals surface area contributed by atoms with E-state index in [4.69, 9.17) is 10.2 Å². The Hall–Kier alpha value is -2.22. The Morgan fingerprint density at radius 1 is 1.11 bits per heavy atom. The Kier molecular flexibility index (Phi) is 4.22. The van der Waals surface area contributed by atoms with E-state index in [2.05, 4.69) is 36.1 Å². The van der Waals surface area contributed by atoms with E-state index in [-0.39, 0.29) is 0 Å². The summed E-state index contributed by atoms with van der Waals surface area (Å²) in [5, 5.41) is 10.3. The molecule has 1 atom stereocenters. The van der Waals surface area contributed by atoms with Gasteiger partial charge < -0.3 is 0 Å². The van der Waals surface area contributed by atoms with Crippen LogP contribution in [0.2, 0.25) is 0 Å². The fourth-order valence-corrected chi connectivity index (χ4v) is 5.72. The molecule has 0 radical (unpaired) electrons. The molecule has 1 aromatic heterocycles. The molecule has 5 rings (SSSR count). The van der Waals surface area contributed by atoms with Gasteiger partial charge in [0.15, 0.2) is 0 Å². The van der Waals surface area contributed by atoms with E-state index in [1.165, 1.54) is 47.5 Å². The van der Waals surface area contributed by atoms with Gasteiger partial charge in [-0.15, -0.1) is 11.3 Å². The molecule has 0 N–H and O–H groups in total. The number of fused-ring (bicyclic) bond motifs is 1. The quantitative estimate of drug-likeness (QED) is 0.603. The molecule has 1 aliphatic heterocycles. The minimum absolute atomic E-state index is 0.638. The molecule has 2 fully saturated rings. The molecular formula is C23H23N3S. The van der Waals surface area contributed by atoms with Crippen molar-refractivity contribution in [3.63, 3.8) is 0 Å². The van der Waals surface area contributed by atoms with Gasteiger partial charge in [0.1, 0.15) is 0 Å². The number of aromatic nitrogens is 1.